The van der Waals surface area contributed by atoms with E-state index >= 15 is 0 Å². The third kappa shape index (κ3) is 3.04. The summed E-state index contributed by atoms with van der Waals surface area (Å²) in [5, 5.41) is 0.657. The molecule has 0 fully saturated rings. The van der Waals surface area contributed by atoms with Crippen molar-refractivity contribution < 1.29 is 9.47 Å². The summed E-state index contributed by atoms with van der Waals surface area (Å²) in [5.41, 5.74) is 4.63. The van der Waals surface area contributed by atoms with Gasteiger partial charge in [-0.05, 0) is 35.9 Å². The summed E-state index contributed by atoms with van der Waals surface area (Å²) in [6.07, 6.45) is 0. The Morgan fingerprint density at radius 2 is 1.90 bits per heavy atom. The maximum Gasteiger partial charge on any atom is 0.124 e. The van der Waals surface area contributed by atoms with Crippen molar-refractivity contribution in [3.8, 4) is 11.5 Å². The smallest absolute Gasteiger partial charge is 0.124 e. The fourth-order valence-electron chi connectivity index (χ4n) is 2.12. The van der Waals surface area contributed by atoms with Crippen LogP contribution in [0.3, 0.4) is 0 Å². The van der Waals surface area contributed by atoms with Gasteiger partial charge in [-0.25, -0.2) is 5.43 Å². The molecule has 3 N–H and O–H groups in total. The van der Waals surface area contributed by atoms with Gasteiger partial charge in [-0.2, -0.15) is 0 Å². The monoisotopic (exact) mass is 292 g/mol. The molecule has 0 aliphatic carbocycles. The molecule has 0 bridgehead atoms. The molecule has 20 heavy (non-hydrogen) atoms. The molecule has 2 aromatic rings. The van der Waals surface area contributed by atoms with E-state index < -0.39 is 0 Å². The van der Waals surface area contributed by atoms with Gasteiger partial charge in [-0.3, -0.25) is 5.84 Å². The van der Waals surface area contributed by atoms with E-state index in [0.717, 1.165) is 22.6 Å². The molecular formula is C15H17ClN2O2. The van der Waals surface area contributed by atoms with E-state index in [4.69, 9.17) is 26.9 Å². The fourth-order valence-corrected chi connectivity index (χ4v) is 2.32. The van der Waals surface area contributed by atoms with Gasteiger partial charge in [0.25, 0.3) is 0 Å². The van der Waals surface area contributed by atoms with Crippen LogP contribution in [0.4, 0.5) is 0 Å². The zero-order chi connectivity index (χ0) is 14.5. The fraction of sp³-hybridized carbons (Fsp3) is 0.200. The number of methoxy groups -OCH3 is 2. The number of hydrogen-bond acceptors (Lipinski definition) is 4. The van der Waals surface area contributed by atoms with Crippen LogP contribution in [0.5, 0.6) is 11.5 Å². The molecule has 1 atom stereocenters. The van der Waals surface area contributed by atoms with Crippen molar-refractivity contribution in [2.24, 2.45) is 5.84 Å². The van der Waals surface area contributed by atoms with Crippen molar-refractivity contribution in [2.45, 2.75) is 6.04 Å². The number of ether oxygens (including phenoxy) is 2. The van der Waals surface area contributed by atoms with E-state index in [2.05, 4.69) is 5.43 Å². The van der Waals surface area contributed by atoms with Gasteiger partial charge in [0.1, 0.15) is 11.5 Å². The van der Waals surface area contributed by atoms with Crippen molar-refractivity contribution in [1.29, 1.82) is 0 Å². The van der Waals surface area contributed by atoms with Crippen LogP contribution in [-0.4, -0.2) is 14.2 Å². The third-order valence-electron chi connectivity index (χ3n) is 3.10. The molecule has 0 amide bonds. The molecule has 0 aliphatic heterocycles. The van der Waals surface area contributed by atoms with Gasteiger partial charge in [0.2, 0.25) is 0 Å². The molecule has 5 heteroatoms. The third-order valence-corrected chi connectivity index (χ3v) is 3.33. The Labute approximate surface area is 123 Å². The molecule has 0 aromatic heterocycles. The van der Waals surface area contributed by atoms with Gasteiger partial charge < -0.3 is 9.47 Å². The minimum Gasteiger partial charge on any atom is -0.497 e. The van der Waals surface area contributed by atoms with Gasteiger partial charge in [0.15, 0.2) is 0 Å². The summed E-state index contributed by atoms with van der Waals surface area (Å²) in [5.74, 6) is 7.18. The molecule has 0 saturated heterocycles. The van der Waals surface area contributed by atoms with E-state index in [1.165, 1.54) is 0 Å². The van der Waals surface area contributed by atoms with Crippen LogP contribution in [0, 0.1) is 0 Å². The van der Waals surface area contributed by atoms with Crippen LogP contribution in [-0.2, 0) is 0 Å². The highest BCUT2D eigenvalue weighted by Crippen LogP contribution is 2.33. The van der Waals surface area contributed by atoms with Gasteiger partial charge in [-0.15, -0.1) is 0 Å². The second-order valence-electron chi connectivity index (χ2n) is 4.26. The molecule has 106 valence electrons. The number of nitrogens with two attached hydrogens (primary N) is 1. The summed E-state index contributed by atoms with van der Waals surface area (Å²) in [6.45, 7) is 0. The van der Waals surface area contributed by atoms with Crippen molar-refractivity contribution in [3.63, 3.8) is 0 Å². The molecule has 0 heterocycles. The number of rotatable bonds is 5. The predicted octanol–water partition coefficient (Wildman–Crippen LogP) is 2.91. The average molecular weight is 293 g/mol. The molecular weight excluding hydrogens is 276 g/mol. The zero-order valence-corrected chi connectivity index (χ0v) is 12.1. The minimum absolute atomic E-state index is 0.237. The van der Waals surface area contributed by atoms with Crippen molar-refractivity contribution in [2.75, 3.05) is 14.2 Å². The van der Waals surface area contributed by atoms with Crippen molar-refractivity contribution >= 4 is 11.6 Å². The first-order valence-electron chi connectivity index (χ1n) is 6.13. The molecule has 2 rings (SSSR count). The summed E-state index contributed by atoms with van der Waals surface area (Å²) in [7, 11) is 3.24. The Morgan fingerprint density at radius 1 is 1.10 bits per heavy atom. The van der Waals surface area contributed by atoms with Crippen molar-refractivity contribution in [1.82, 2.24) is 5.43 Å². The van der Waals surface area contributed by atoms with Crippen LogP contribution in [0.15, 0.2) is 42.5 Å². The number of nitrogens with one attached hydrogen (secondary N) is 1. The standard InChI is InChI=1S/C15H17ClN2O2/c1-19-12-6-7-14(20-2)13(9-12)15(18-17)10-4-3-5-11(16)8-10/h3-9,15,18H,17H2,1-2H3. The molecule has 0 radical (unpaired) electrons. The number of hydrogen-bond donors (Lipinski definition) is 2. The highest BCUT2D eigenvalue weighted by atomic mass is 35.5. The lowest BCUT2D eigenvalue weighted by Gasteiger charge is -2.20. The van der Waals surface area contributed by atoms with Gasteiger partial charge in [0.05, 0.1) is 20.3 Å². The van der Waals surface area contributed by atoms with E-state index in [-0.39, 0.29) is 6.04 Å². The van der Waals surface area contributed by atoms with Gasteiger partial charge in [0, 0.05) is 10.6 Å². The summed E-state index contributed by atoms with van der Waals surface area (Å²) in [6, 6.07) is 12.9. The lowest BCUT2D eigenvalue weighted by molar-refractivity contribution is 0.394. The highest BCUT2D eigenvalue weighted by molar-refractivity contribution is 6.30. The zero-order valence-electron chi connectivity index (χ0n) is 11.4. The van der Waals surface area contributed by atoms with Crippen LogP contribution >= 0.6 is 11.6 Å². The molecule has 1 unspecified atom stereocenters. The van der Waals surface area contributed by atoms with Gasteiger partial charge in [-0.1, -0.05) is 23.7 Å². The van der Waals surface area contributed by atoms with Crippen LogP contribution in [0.1, 0.15) is 17.2 Å². The molecule has 2 aromatic carbocycles. The topological polar surface area (TPSA) is 56.5 Å². The highest BCUT2D eigenvalue weighted by Gasteiger charge is 2.18. The summed E-state index contributed by atoms with van der Waals surface area (Å²) < 4.78 is 10.7. The normalized spacial score (nSPS) is 12.0. The number of benzene rings is 2. The van der Waals surface area contributed by atoms with E-state index in [1.807, 2.05) is 42.5 Å². The largest absolute Gasteiger partial charge is 0.497 e. The Kier molecular flexibility index (Phi) is 4.84. The van der Waals surface area contributed by atoms with Crippen LogP contribution < -0.4 is 20.7 Å². The molecule has 4 nitrogen and oxygen atoms in total. The predicted molar refractivity (Wildman–Crippen MR) is 80.2 cm³/mol. The molecule has 0 spiro atoms. The summed E-state index contributed by atoms with van der Waals surface area (Å²) in [4.78, 5) is 0. The molecule has 0 saturated carbocycles. The number of halogens is 1. The lowest BCUT2D eigenvalue weighted by atomic mass is 9.98. The Balaban J connectivity index is 2.50. The van der Waals surface area contributed by atoms with E-state index in [1.54, 1.807) is 14.2 Å². The molecule has 0 aliphatic rings. The second kappa shape index (κ2) is 6.61. The average Bonchev–Trinajstić information content (AvgIpc) is 2.48. The lowest BCUT2D eigenvalue weighted by Crippen LogP contribution is -2.29. The Bertz CT molecular complexity index is 590. The Hall–Kier alpha value is -1.75. The minimum atomic E-state index is -0.237. The first-order chi connectivity index (χ1) is 9.69. The first-order valence-corrected chi connectivity index (χ1v) is 6.51. The maximum atomic E-state index is 6.04. The first kappa shape index (κ1) is 14.7. The second-order valence-corrected chi connectivity index (χ2v) is 4.70. The SMILES string of the molecule is COc1ccc(OC)c(C(NN)c2cccc(Cl)c2)c1. The van der Waals surface area contributed by atoms with E-state index in [0.29, 0.717) is 5.02 Å². The van der Waals surface area contributed by atoms with Gasteiger partial charge >= 0.3 is 0 Å². The number of hydrazine groups is 1. The summed E-state index contributed by atoms with van der Waals surface area (Å²) >= 11 is 6.04. The maximum absolute atomic E-state index is 6.04. The Morgan fingerprint density at radius 3 is 2.50 bits per heavy atom. The quantitative estimate of drug-likeness (QED) is 0.657. The van der Waals surface area contributed by atoms with Crippen LogP contribution in [0.25, 0.3) is 0 Å². The van der Waals surface area contributed by atoms with Crippen LogP contribution in [0.2, 0.25) is 5.02 Å². The van der Waals surface area contributed by atoms with E-state index in [9.17, 15) is 0 Å². The van der Waals surface area contributed by atoms with Crippen molar-refractivity contribution in [3.05, 3.63) is 58.6 Å².